The fourth-order valence-electron chi connectivity index (χ4n) is 8.71. The summed E-state index contributed by atoms with van der Waals surface area (Å²) >= 11 is 0. The van der Waals surface area contributed by atoms with Crippen molar-refractivity contribution < 1.29 is 28.6 Å². The van der Waals surface area contributed by atoms with E-state index in [1.165, 1.54) is 96.3 Å². The van der Waals surface area contributed by atoms with Crippen LogP contribution in [0.3, 0.4) is 0 Å². The number of hydrogen-bond donors (Lipinski definition) is 0. The minimum Gasteiger partial charge on any atom is -0.462 e. The van der Waals surface area contributed by atoms with Gasteiger partial charge in [0.15, 0.2) is 6.10 Å². The molecule has 83 heavy (non-hydrogen) atoms. The highest BCUT2D eigenvalue weighted by Gasteiger charge is 2.19. The number of esters is 3. The summed E-state index contributed by atoms with van der Waals surface area (Å²) in [5.74, 6) is -1.01. The fourth-order valence-corrected chi connectivity index (χ4v) is 8.71. The zero-order chi connectivity index (χ0) is 59.9. The molecular weight excluding hydrogens is 1020 g/mol. The summed E-state index contributed by atoms with van der Waals surface area (Å²) in [4.78, 5) is 38.4. The van der Waals surface area contributed by atoms with Gasteiger partial charge in [-0.15, -0.1) is 0 Å². The number of ether oxygens (including phenoxy) is 3. The van der Waals surface area contributed by atoms with Crippen LogP contribution in [0.25, 0.3) is 0 Å². The van der Waals surface area contributed by atoms with E-state index in [2.05, 4.69) is 191 Å². The predicted molar refractivity (Wildman–Crippen MR) is 361 cm³/mol. The SMILES string of the molecule is CC/C=C\C/C=C\C/C=C\C/C=C\C/C=C\C/C=C\CCCCC(=O)OCC(COC(=O)CCCCCCCCCCCCC/C=C\C/C=C\CCCCCCC)OC(=O)CCCC/C=C\C/C=C\C/C=C\C/C=C\C/C=C\C/C=C\CC. The molecule has 0 spiro atoms. The van der Waals surface area contributed by atoms with E-state index in [0.29, 0.717) is 19.3 Å². The summed E-state index contributed by atoms with van der Waals surface area (Å²) < 4.78 is 16.9. The summed E-state index contributed by atoms with van der Waals surface area (Å²) in [6.45, 7) is 6.33. The maximum atomic E-state index is 12.9. The van der Waals surface area contributed by atoms with Crippen LogP contribution in [-0.4, -0.2) is 37.2 Å². The van der Waals surface area contributed by atoms with Crippen LogP contribution in [0.5, 0.6) is 0 Å². The highest BCUT2D eigenvalue weighted by Crippen LogP contribution is 2.15. The Kier molecular flexibility index (Phi) is 64.9. The van der Waals surface area contributed by atoms with Crippen LogP contribution in [0, 0.1) is 0 Å². The zero-order valence-electron chi connectivity index (χ0n) is 53.4. The van der Waals surface area contributed by atoms with Crippen molar-refractivity contribution in [2.45, 2.75) is 284 Å². The molecule has 0 aromatic carbocycles. The molecular formula is C77H122O6. The first kappa shape index (κ1) is 77.8. The van der Waals surface area contributed by atoms with Crippen LogP contribution < -0.4 is 0 Å². The Morgan fingerprint density at radius 3 is 0.759 bits per heavy atom. The second-order valence-electron chi connectivity index (χ2n) is 21.6. The molecule has 0 aromatic rings. The number of allylic oxidation sites excluding steroid dienone is 28. The quantitative estimate of drug-likeness (QED) is 0.0261. The standard InChI is InChI=1S/C77H122O6/c1-4-7-10-13-16-19-22-25-28-31-34-37-38-41-43-46-49-52-55-58-61-64-67-70-76(79)82-73-74(83-77(80)71-68-65-62-59-56-53-50-47-44-40-36-33-30-27-24-21-18-15-12-9-6-3)72-81-75(78)69-66-63-60-57-54-51-48-45-42-39-35-32-29-26-23-20-17-14-11-8-5-2/h8-9,11-12,17-18,20-22,25-27,29-31,34-36,39-40,45,47-48,50,54,56-57,59,74H,4-7,10,13-16,19,23-24,28,32-33,37-38,41-44,46,49,51-53,55,58,60-73H2,1-3H3/b11-8-,12-9-,20-17-,21-18-,25-22-,29-26-,30-27-,34-31-,39-35-,40-36-,48-45-,50-47-,57-54-,59-56-. The monoisotopic (exact) mass is 1140 g/mol. The van der Waals surface area contributed by atoms with E-state index in [1.807, 2.05) is 0 Å². The minimum absolute atomic E-state index is 0.118. The average molecular weight is 1140 g/mol. The van der Waals surface area contributed by atoms with E-state index in [9.17, 15) is 14.4 Å². The molecule has 0 radical (unpaired) electrons. The largest absolute Gasteiger partial charge is 0.462 e. The van der Waals surface area contributed by atoms with Gasteiger partial charge in [-0.3, -0.25) is 14.4 Å². The van der Waals surface area contributed by atoms with E-state index in [0.717, 1.165) is 128 Å². The lowest BCUT2D eigenvalue weighted by Crippen LogP contribution is -2.30. The molecule has 0 amide bonds. The first-order valence-corrected chi connectivity index (χ1v) is 33.6. The second-order valence-corrected chi connectivity index (χ2v) is 21.6. The van der Waals surface area contributed by atoms with Gasteiger partial charge in [-0.05, 0) is 154 Å². The molecule has 6 nitrogen and oxygen atoms in total. The van der Waals surface area contributed by atoms with Crippen molar-refractivity contribution in [1.82, 2.24) is 0 Å². The average Bonchev–Trinajstić information content (AvgIpc) is 3.49. The Labute approximate surface area is 511 Å². The van der Waals surface area contributed by atoms with Gasteiger partial charge in [0.2, 0.25) is 0 Å². The maximum Gasteiger partial charge on any atom is 0.306 e. The molecule has 0 aliphatic rings. The van der Waals surface area contributed by atoms with Crippen LogP contribution in [0.1, 0.15) is 278 Å². The van der Waals surface area contributed by atoms with Gasteiger partial charge in [0.05, 0.1) is 0 Å². The van der Waals surface area contributed by atoms with Crippen LogP contribution in [0.15, 0.2) is 170 Å². The molecule has 6 heteroatoms. The Morgan fingerprint density at radius 1 is 0.253 bits per heavy atom. The van der Waals surface area contributed by atoms with Crippen molar-refractivity contribution in [3.8, 4) is 0 Å². The lowest BCUT2D eigenvalue weighted by Gasteiger charge is -2.18. The number of carbonyl (C=O) groups is 3. The van der Waals surface area contributed by atoms with Crippen molar-refractivity contribution in [2.24, 2.45) is 0 Å². The molecule has 0 heterocycles. The van der Waals surface area contributed by atoms with Crippen molar-refractivity contribution >= 4 is 17.9 Å². The van der Waals surface area contributed by atoms with Gasteiger partial charge in [0, 0.05) is 19.3 Å². The number of unbranched alkanes of at least 4 members (excludes halogenated alkanes) is 20. The van der Waals surface area contributed by atoms with E-state index >= 15 is 0 Å². The lowest BCUT2D eigenvalue weighted by atomic mass is 10.0. The molecule has 0 bridgehead atoms. The van der Waals surface area contributed by atoms with Gasteiger partial charge in [-0.25, -0.2) is 0 Å². The molecule has 0 saturated heterocycles. The number of carbonyl (C=O) groups excluding carboxylic acids is 3. The second kappa shape index (κ2) is 69.3. The number of rotatable bonds is 59. The first-order chi connectivity index (χ1) is 41.0. The van der Waals surface area contributed by atoms with Crippen LogP contribution in [0.4, 0.5) is 0 Å². The van der Waals surface area contributed by atoms with Gasteiger partial charge in [-0.1, -0.05) is 274 Å². The molecule has 1 unspecified atom stereocenters. The zero-order valence-corrected chi connectivity index (χ0v) is 53.4. The van der Waals surface area contributed by atoms with E-state index in [1.54, 1.807) is 0 Å². The van der Waals surface area contributed by atoms with Crippen LogP contribution in [-0.2, 0) is 28.6 Å². The summed E-state index contributed by atoms with van der Waals surface area (Å²) in [6, 6.07) is 0. The molecule has 0 aliphatic heterocycles. The highest BCUT2D eigenvalue weighted by atomic mass is 16.6. The summed E-state index contributed by atoms with van der Waals surface area (Å²) in [6.07, 6.45) is 102. The van der Waals surface area contributed by atoms with Gasteiger partial charge in [0.25, 0.3) is 0 Å². The van der Waals surface area contributed by atoms with Crippen LogP contribution >= 0.6 is 0 Å². The molecule has 0 aliphatic carbocycles. The Hall–Kier alpha value is -5.23. The third-order valence-corrected chi connectivity index (χ3v) is 13.7. The summed E-state index contributed by atoms with van der Waals surface area (Å²) in [5, 5.41) is 0. The molecule has 1 atom stereocenters. The van der Waals surface area contributed by atoms with Crippen LogP contribution in [0.2, 0.25) is 0 Å². The smallest absolute Gasteiger partial charge is 0.306 e. The molecule has 0 fully saturated rings. The molecule has 0 aromatic heterocycles. The van der Waals surface area contributed by atoms with Crippen molar-refractivity contribution in [1.29, 1.82) is 0 Å². The third kappa shape index (κ3) is 67.4. The topological polar surface area (TPSA) is 78.9 Å². The van der Waals surface area contributed by atoms with Crippen molar-refractivity contribution in [3.63, 3.8) is 0 Å². The third-order valence-electron chi connectivity index (χ3n) is 13.7. The van der Waals surface area contributed by atoms with Gasteiger partial charge < -0.3 is 14.2 Å². The molecule has 466 valence electrons. The minimum atomic E-state index is -0.832. The van der Waals surface area contributed by atoms with E-state index < -0.39 is 6.10 Å². The fraction of sp³-hybridized carbons (Fsp3) is 0.597. The van der Waals surface area contributed by atoms with Crippen molar-refractivity contribution in [2.75, 3.05) is 13.2 Å². The highest BCUT2D eigenvalue weighted by molar-refractivity contribution is 5.71. The molecule has 0 N–H and O–H groups in total. The lowest BCUT2D eigenvalue weighted by molar-refractivity contribution is -0.167. The van der Waals surface area contributed by atoms with Crippen molar-refractivity contribution in [3.05, 3.63) is 170 Å². The predicted octanol–water partition coefficient (Wildman–Crippen LogP) is 23.4. The van der Waals surface area contributed by atoms with E-state index in [-0.39, 0.29) is 44.0 Å². The maximum absolute atomic E-state index is 12.9. The molecule has 0 saturated carbocycles. The van der Waals surface area contributed by atoms with Gasteiger partial charge >= 0.3 is 17.9 Å². The summed E-state index contributed by atoms with van der Waals surface area (Å²) in [5.41, 5.74) is 0. The van der Waals surface area contributed by atoms with Gasteiger partial charge in [-0.2, -0.15) is 0 Å². The Bertz CT molecular complexity index is 1890. The first-order valence-electron chi connectivity index (χ1n) is 33.6. The Balaban J connectivity index is 4.56. The van der Waals surface area contributed by atoms with E-state index in [4.69, 9.17) is 14.2 Å². The summed E-state index contributed by atoms with van der Waals surface area (Å²) in [7, 11) is 0. The number of hydrogen-bond acceptors (Lipinski definition) is 6. The molecule has 0 rings (SSSR count). The normalized spacial score (nSPS) is 13.2. The van der Waals surface area contributed by atoms with Gasteiger partial charge in [0.1, 0.15) is 13.2 Å². The Morgan fingerprint density at radius 2 is 0.470 bits per heavy atom.